The number of nitrogens with zero attached hydrogens (tertiary/aromatic N) is 1. The van der Waals surface area contributed by atoms with Gasteiger partial charge in [0.25, 0.3) is 0 Å². The Morgan fingerprint density at radius 2 is 2.40 bits per heavy atom. The maximum Gasteiger partial charge on any atom is 0.0627 e. The van der Waals surface area contributed by atoms with Crippen molar-refractivity contribution in [3.8, 4) is 0 Å². The van der Waals surface area contributed by atoms with Crippen molar-refractivity contribution in [3.05, 3.63) is 29.6 Å². The highest BCUT2D eigenvalue weighted by Crippen LogP contribution is 2.03. The maximum absolute atomic E-state index is 5.79. The molecule has 0 bridgehead atoms. The molecule has 0 aliphatic carbocycles. The van der Waals surface area contributed by atoms with Crippen LogP contribution in [0.1, 0.15) is 11.3 Å². The van der Waals surface area contributed by atoms with E-state index in [1.807, 2.05) is 6.07 Å². The number of methoxy groups -OCH3 is 1. The van der Waals surface area contributed by atoms with Gasteiger partial charge in [0.2, 0.25) is 0 Å². The largest absolute Gasteiger partial charge is 0.383 e. The molecule has 1 aromatic rings. The molecule has 0 amide bonds. The molecular formula is C11H17ClN2O. The van der Waals surface area contributed by atoms with E-state index in [9.17, 15) is 0 Å². The molecule has 1 atom stereocenters. The Labute approximate surface area is 95.8 Å². The van der Waals surface area contributed by atoms with Crippen molar-refractivity contribution >= 4 is 11.6 Å². The molecule has 84 valence electrons. The SMILES string of the molecule is COCC(CCl)NCc1ncccc1C. The van der Waals surface area contributed by atoms with Crippen molar-refractivity contribution in [2.24, 2.45) is 0 Å². The van der Waals surface area contributed by atoms with Gasteiger partial charge in [0.1, 0.15) is 0 Å². The second-order valence-corrected chi connectivity index (χ2v) is 3.76. The maximum atomic E-state index is 5.79. The van der Waals surface area contributed by atoms with Crippen LogP contribution in [0.2, 0.25) is 0 Å². The highest BCUT2D eigenvalue weighted by molar-refractivity contribution is 6.18. The number of aromatic nitrogens is 1. The van der Waals surface area contributed by atoms with Gasteiger partial charge in [-0.05, 0) is 18.6 Å². The minimum atomic E-state index is 0.179. The molecule has 4 heteroatoms. The fraction of sp³-hybridized carbons (Fsp3) is 0.545. The number of hydrogen-bond acceptors (Lipinski definition) is 3. The summed E-state index contributed by atoms with van der Waals surface area (Å²) in [6.45, 7) is 3.40. The predicted octanol–water partition coefficient (Wildman–Crippen LogP) is 1.73. The number of alkyl halides is 1. The van der Waals surface area contributed by atoms with Crippen molar-refractivity contribution in [3.63, 3.8) is 0 Å². The molecule has 0 fully saturated rings. The Bertz CT molecular complexity index is 294. The predicted molar refractivity (Wildman–Crippen MR) is 62.2 cm³/mol. The van der Waals surface area contributed by atoms with E-state index in [0.29, 0.717) is 12.5 Å². The molecule has 1 unspecified atom stereocenters. The summed E-state index contributed by atoms with van der Waals surface area (Å²) in [5, 5.41) is 3.31. The molecule has 0 aromatic carbocycles. The Kier molecular flexibility index (Phi) is 5.61. The summed E-state index contributed by atoms with van der Waals surface area (Å²) in [5.41, 5.74) is 2.25. The van der Waals surface area contributed by atoms with Crippen molar-refractivity contribution < 1.29 is 4.74 Å². The average Bonchev–Trinajstić information content (AvgIpc) is 2.26. The Hall–Kier alpha value is -0.640. The molecule has 0 aliphatic heterocycles. The van der Waals surface area contributed by atoms with E-state index in [2.05, 4.69) is 23.3 Å². The quantitative estimate of drug-likeness (QED) is 0.754. The lowest BCUT2D eigenvalue weighted by Crippen LogP contribution is -2.34. The van der Waals surface area contributed by atoms with Crippen LogP contribution in [0.5, 0.6) is 0 Å². The molecule has 1 N–H and O–H groups in total. The zero-order chi connectivity index (χ0) is 11.1. The van der Waals surface area contributed by atoms with Crippen molar-refractivity contribution in [2.45, 2.75) is 19.5 Å². The highest BCUT2D eigenvalue weighted by atomic mass is 35.5. The number of ether oxygens (including phenoxy) is 1. The number of pyridine rings is 1. The third-order valence-electron chi connectivity index (χ3n) is 2.23. The van der Waals surface area contributed by atoms with E-state index < -0.39 is 0 Å². The van der Waals surface area contributed by atoms with Gasteiger partial charge in [0.15, 0.2) is 0 Å². The molecule has 15 heavy (non-hydrogen) atoms. The second-order valence-electron chi connectivity index (χ2n) is 3.45. The van der Waals surface area contributed by atoms with E-state index >= 15 is 0 Å². The smallest absolute Gasteiger partial charge is 0.0627 e. The lowest BCUT2D eigenvalue weighted by molar-refractivity contribution is 0.172. The van der Waals surface area contributed by atoms with Gasteiger partial charge in [0, 0.05) is 31.8 Å². The standard InChI is InChI=1S/C11H17ClN2O/c1-9-4-3-5-13-11(9)7-14-10(6-12)8-15-2/h3-5,10,14H,6-8H2,1-2H3. The number of rotatable bonds is 6. The Morgan fingerprint density at radius 3 is 3.00 bits per heavy atom. The van der Waals surface area contributed by atoms with Crippen molar-refractivity contribution in [1.82, 2.24) is 10.3 Å². The molecule has 0 spiro atoms. The number of halogens is 1. The summed E-state index contributed by atoms with van der Waals surface area (Å²) in [7, 11) is 1.67. The van der Waals surface area contributed by atoms with Gasteiger partial charge in [-0.2, -0.15) is 0 Å². The average molecular weight is 229 g/mol. The lowest BCUT2D eigenvalue weighted by Gasteiger charge is -2.15. The summed E-state index contributed by atoms with van der Waals surface area (Å²) in [6, 6.07) is 4.17. The summed E-state index contributed by atoms with van der Waals surface area (Å²) in [4.78, 5) is 4.30. The van der Waals surface area contributed by atoms with Gasteiger partial charge >= 0.3 is 0 Å². The number of hydrogen-bond donors (Lipinski definition) is 1. The van der Waals surface area contributed by atoms with Crippen LogP contribution in [0.4, 0.5) is 0 Å². The van der Waals surface area contributed by atoms with Crippen LogP contribution < -0.4 is 5.32 Å². The first-order valence-electron chi connectivity index (χ1n) is 4.96. The molecule has 1 rings (SSSR count). The fourth-order valence-electron chi connectivity index (χ4n) is 1.30. The summed E-state index contributed by atoms with van der Waals surface area (Å²) in [6.07, 6.45) is 1.80. The van der Waals surface area contributed by atoms with Crippen LogP contribution in [-0.4, -0.2) is 30.6 Å². The van der Waals surface area contributed by atoms with Crippen LogP contribution in [0.15, 0.2) is 18.3 Å². The van der Waals surface area contributed by atoms with E-state index in [4.69, 9.17) is 16.3 Å². The van der Waals surface area contributed by atoms with Crippen LogP contribution in [0.25, 0.3) is 0 Å². The summed E-state index contributed by atoms with van der Waals surface area (Å²) < 4.78 is 5.05. The first-order valence-corrected chi connectivity index (χ1v) is 5.50. The number of nitrogens with one attached hydrogen (secondary N) is 1. The minimum Gasteiger partial charge on any atom is -0.383 e. The molecule has 0 aliphatic rings. The molecular weight excluding hydrogens is 212 g/mol. The van der Waals surface area contributed by atoms with Gasteiger partial charge in [-0.3, -0.25) is 4.98 Å². The minimum absolute atomic E-state index is 0.179. The third-order valence-corrected chi connectivity index (χ3v) is 2.60. The van der Waals surface area contributed by atoms with Crippen LogP contribution >= 0.6 is 11.6 Å². The van der Waals surface area contributed by atoms with E-state index in [0.717, 1.165) is 12.2 Å². The van der Waals surface area contributed by atoms with Crippen LogP contribution in [-0.2, 0) is 11.3 Å². The van der Waals surface area contributed by atoms with E-state index in [-0.39, 0.29) is 6.04 Å². The Balaban J connectivity index is 2.45. The van der Waals surface area contributed by atoms with E-state index in [1.165, 1.54) is 5.56 Å². The third kappa shape index (κ3) is 4.16. The molecule has 3 nitrogen and oxygen atoms in total. The lowest BCUT2D eigenvalue weighted by atomic mass is 10.2. The van der Waals surface area contributed by atoms with Crippen molar-refractivity contribution in [1.29, 1.82) is 0 Å². The van der Waals surface area contributed by atoms with Gasteiger partial charge in [-0.15, -0.1) is 11.6 Å². The van der Waals surface area contributed by atoms with Gasteiger partial charge in [0.05, 0.1) is 12.3 Å². The number of aryl methyl sites for hydroxylation is 1. The fourth-order valence-corrected chi connectivity index (χ4v) is 1.50. The topological polar surface area (TPSA) is 34.1 Å². The first-order chi connectivity index (χ1) is 7.27. The van der Waals surface area contributed by atoms with Crippen LogP contribution in [0, 0.1) is 6.92 Å². The zero-order valence-corrected chi connectivity index (χ0v) is 9.92. The molecule has 1 heterocycles. The van der Waals surface area contributed by atoms with Gasteiger partial charge < -0.3 is 10.1 Å². The highest BCUT2D eigenvalue weighted by Gasteiger charge is 2.07. The first kappa shape index (κ1) is 12.4. The summed E-state index contributed by atoms with van der Waals surface area (Å²) in [5.74, 6) is 0.541. The molecule has 0 saturated carbocycles. The monoisotopic (exact) mass is 228 g/mol. The summed E-state index contributed by atoms with van der Waals surface area (Å²) >= 11 is 5.79. The van der Waals surface area contributed by atoms with Gasteiger partial charge in [-0.1, -0.05) is 6.07 Å². The second kappa shape index (κ2) is 6.77. The van der Waals surface area contributed by atoms with E-state index in [1.54, 1.807) is 13.3 Å². The molecule has 0 radical (unpaired) electrons. The normalized spacial score (nSPS) is 12.7. The van der Waals surface area contributed by atoms with Crippen molar-refractivity contribution in [2.75, 3.05) is 19.6 Å². The molecule has 1 aromatic heterocycles. The zero-order valence-electron chi connectivity index (χ0n) is 9.16. The van der Waals surface area contributed by atoms with Gasteiger partial charge in [-0.25, -0.2) is 0 Å². The Morgan fingerprint density at radius 1 is 1.60 bits per heavy atom. The molecule has 0 saturated heterocycles. The van der Waals surface area contributed by atoms with Crippen LogP contribution in [0.3, 0.4) is 0 Å².